The van der Waals surface area contributed by atoms with Gasteiger partial charge in [-0.2, -0.15) is 0 Å². The zero-order valence-corrected chi connectivity index (χ0v) is 20.3. The molecule has 1 N–H and O–H groups in total. The molecule has 0 radical (unpaired) electrons. The van der Waals surface area contributed by atoms with Crippen LogP contribution in [0.3, 0.4) is 0 Å². The minimum atomic E-state index is -1.04. The van der Waals surface area contributed by atoms with Gasteiger partial charge in [0.15, 0.2) is 4.34 Å². The molecule has 1 aromatic carbocycles. The van der Waals surface area contributed by atoms with Gasteiger partial charge in [0.1, 0.15) is 12.0 Å². The Balaban J connectivity index is 1.37. The molecule has 3 aromatic heterocycles. The first-order valence-corrected chi connectivity index (χ1v) is 12.4. The van der Waals surface area contributed by atoms with Gasteiger partial charge in [0.2, 0.25) is 16.3 Å². The van der Waals surface area contributed by atoms with E-state index >= 15 is 0 Å². The number of nitrogens with one attached hydrogen (secondary N) is 1. The van der Waals surface area contributed by atoms with Crippen molar-refractivity contribution in [2.75, 3.05) is 5.32 Å². The summed E-state index contributed by atoms with van der Waals surface area (Å²) in [7, 11) is 0. The molecule has 3 heterocycles. The summed E-state index contributed by atoms with van der Waals surface area (Å²) >= 11 is 9.61. The molecule has 0 atom stereocenters. The number of carbonyl (C=O) groups excluding carboxylic acids is 2. The lowest BCUT2D eigenvalue weighted by Gasteiger charge is -2.05. The molecule has 35 heavy (non-hydrogen) atoms. The molecule has 0 unspecified atom stereocenters. The molecule has 0 saturated heterocycles. The smallest absolute Gasteiger partial charge is 0.345 e. The van der Waals surface area contributed by atoms with E-state index in [1.54, 1.807) is 17.5 Å². The summed E-state index contributed by atoms with van der Waals surface area (Å²) < 4.78 is 10.9. The average molecular weight is 551 g/mol. The van der Waals surface area contributed by atoms with Gasteiger partial charge in [0, 0.05) is 18.2 Å². The Morgan fingerprint density at radius 2 is 2.09 bits per heavy atom. The highest BCUT2D eigenvalue weighted by Crippen LogP contribution is 2.29. The van der Waals surface area contributed by atoms with Gasteiger partial charge < -0.3 is 9.15 Å². The molecular formula is C20H11ClN4O7S3. The Morgan fingerprint density at radius 1 is 1.26 bits per heavy atom. The van der Waals surface area contributed by atoms with Crippen LogP contribution in [0, 0.1) is 10.1 Å². The molecule has 0 saturated carbocycles. The predicted molar refractivity (Wildman–Crippen MR) is 130 cm³/mol. The Labute approximate surface area is 212 Å². The number of hydrogen-bond acceptors (Lipinski definition) is 12. The number of halogens is 1. The molecule has 0 aliphatic rings. The van der Waals surface area contributed by atoms with Crippen molar-refractivity contribution in [3.63, 3.8) is 0 Å². The Morgan fingerprint density at radius 3 is 2.80 bits per heavy atom. The highest BCUT2D eigenvalue weighted by Gasteiger charge is 2.19. The Kier molecular flexibility index (Phi) is 7.55. The fourth-order valence-electron chi connectivity index (χ4n) is 2.54. The number of hydrogen-bond donors (Lipinski definition) is 1. The fraction of sp³-hybridized carbons (Fsp3) is 0.0500. The summed E-state index contributed by atoms with van der Waals surface area (Å²) in [5, 5.41) is 23.5. The van der Waals surface area contributed by atoms with Crippen molar-refractivity contribution < 1.29 is 23.7 Å². The van der Waals surface area contributed by atoms with Crippen LogP contribution in [-0.4, -0.2) is 27.0 Å². The average Bonchev–Trinajstić information content (AvgIpc) is 3.52. The summed E-state index contributed by atoms with van der Waals surface area (Å²) in [5.74, 6) is -1.24. The summed E-state index contributed by atoms with van der Waals surface area (Å²) in [6.07, 6.45) is 0.966. The lowest BCUT2D eigenvalue weighted by molar-refractivity contribution is -0.384. The maximum Gasteiger partial charge on any atom is 0.345 e. The molecule has 0 spiro atoms. The third-order valence-electron chi connectivity index (χ3n) is 4.15. The van der Waals surface area contributed by atoms with Gasteiger partial charge in [-0.15, -0.1) is 21.5 Å². The highest BCUT2D eigenvalue weighted by molar-refractivity contribution is 8.00. The third-order valence-corrected chi connectivity index (χ3v) is 7.34. The van der Waals surface area contributed by atoms with Crippen LogP contribution < -0.4 is 15.5 Å². The molecule has 15 heteroatoms. The molecule has 1 amide bonds. The maximum absolute atomic E-state index is 12.4. The number of anilines is 1. The molecule has 178 valence electrons. The second-order valence-electron chi connectivity index (χ2n) is 6.48. The van der Waals surface area contributed by atoms with Crippen LogP contribution in [0.5, 0.6) is 5.75 Å². The number of benzene rings is 1. The number of rotatable bonds is 8. The van der Waals surface area contributed by atoms with Gasteiger partial charge in [-0.25, -0.2) is 4.79 Å². The van der Waals surface area contributed by atoms with Crippen molar-refractivity contribution in [1.29, 1.82) is 0 Å². The van der Waals surface area contributed by atoms with Gasteiger partial charge in [0.25, 0.3) is 11.6 Å². The lowest BCUT2D eigenvalue weighted by atomic mass is 10.2. The SMILES string of the molecule is O=C(Nc1nnc(SCc2cc(=O)c(OC(=O)c3cc([N+](=O)[O-])ccc3Cl)co2)s1)c1cccs1. The van der Waals surface area contributed by atoms with Crippen LogP contribution in [0.4, 0.5) is 10.8 Å². The van der Waals surface area contributed by atoms with Gasteiger partial charge in [-0.05, 0) is 17.5 Å². The lowest BCUT2D eigenvalue weighted by Crippen LogP contribution is -2.15. The number of non-ortho nitro benzene ring substituents is 1. The number of thioether (sulfide) groups is 1. The number of thiophene rings is 1. The predicted octanol–water partition coefficient (Wildman–Crippen LogP) is 4.88. The second-order valence-corrected chi connectivity index (χ2v) is 10.0. The van der Waals surface area contributed by atoms with E-state index in [0.29, 0.717) is 14.3 Å². The van der Waals surface area contributed by atoms with E-state index in [2.05, 4.69) is 15.5 Å². The summed E-state index contributed by atoms with van der Waals surface area (Å²) in [5.41, 5.74) is -1.26. The molecule has 0 aliphatic heterocycles. The van der Waals surface area contributed by atoms with Crippen molar-refractivity contribution in [2.45, 2.75) is 10.1 Å². The number of amides is 1. The minimum Gasteiger partial charge on any atom is -0.464 e. The summed E-state index contributed by atoms with van der Waals surface area (Å²) in [6.45, 7) is 0. The Hall–Kier alpha value is -3.59. The van der Waals surface area contributed by atoms with Gasteiger partial charge in [-0.1, -0.05) is 40.8 Å². The van der Waals surface area contributed by atoms with Crippen LogP contribution in [-0.2, 0) is 5.75 Å². The van der Waals surface area contributed by atoms with Crippen LogP contribution in [0.2, 0.25) is 5.02 Å². The zero-order valence-electron chi connectivity index (χ0n) is 17.1. The summed E-state index contributed by atoms with van der Waals surface area (Å²) in [4.78, 5) is 47.6. The fourth-order valence-corrected chi connectivity index (χ4v) is 5.00. The maximum atomic E-state index is 12.4. The second kappa shape index (κ2) is 10.8. The standard InChI is InChI=1S/C20H11ClN4O7S3/c21-13-4-3-10(25(29)30)6-12(13)18(28)32-15-8-31-11(7-14(15)26)9-34-20-24-23-19(35-20)22-17(27)16-2-1-5-33-16/h1-8H,9H2,(H,22,23,27). The van der Waals surface area contributed by atoms with Gasteiger partial charge >= 0.3 is 5.97 Å². The van der Waals surface area contributed by atoms with Crippen LogP contribution in [0.1, 0.15) is 25.8 Å². The monoisotopic (exact) mass is 550 g/mol. The first-order valence-electron chi connectivity index (χ1n) is 9.39. The number of nitro benzene ring substituents is 1. The molecule has 11 nitrogen and oxygen atoms in total. The molecular weight excluding hydrogens is 540 g/mol. The summed E-state index contributed by atoms with van der Waals surface area (Å²) in [6, 6.07) is 7.88. The molecule has 4 rings (SSSR count). The van der Waals surface area contributed by atoms with Crippen molar-refractivity contribution in [3.05, 3.63) is 89.6 Å². The normalized spacial score (nSPS) is 10.7. The quantitative estimate of drug-likeness (QED) is 0.105. The molecule has 0 aliphatic carbocycles. The van der Waals surface area contributed by atoms with E-state index < -0.39 is 22.1 Å². The number of aromatic nitrogens is 2. The first-order chi connectivity index (χ1) is 16.8. The zero-order chi connectivity index (χ0) is 24.9. The number of carbonyl (C=O) groups is 2. The number of nitrogens with zero attached hydrogens (tertiary/aromatic N) is 3. The number of esters is 1. The topological polar surface area (TPSA) is 155 Å². The Bertz CT molecular complexity index is 1470. The van der Waals surface area contributed by atoms with Crippen molar-refractivity contribution in [2.24, 2.45) is 0 Å². The van der Waals surface area contributed by atoms with E-state index in [-0.39, 0.29) is 33.7 Å². The number of nitro groups is 1. The van der Waals surface area contributed by atoms with Crippen LogP contribution in [0.25, 0.3) is 0 Å². The molecule has 0 bridgehead atoms. The van der Waals surface area contributed by atoms with E-state index in [0.717, 1.165) is 35.8 Å². The van der Waals surface area contributed by atoms with E-state index in [4.69, 9.17) is 20.8 Å². The first kappa shape index (κ1) is 24.5. The number of ether oxygens (including phenoxy) is 1. The van der Waals surface area contributed by atoms with Crippen molar-refractivity contribution in [3.8, 4) is 5.75 Å². The minimum absolute atomic E-state index is 0.0685. The van der Waals surface area contributed by atoms with E-state index in [1.807, 2.05) is 0 Å². The highest BCUT2D eigenvalue weighted by atomic mass is 35.5. The largest absolute Gasteiger partial charge is 0.464 e. The van der Waals surface area contributed by atoms with Crippen molar-refractivity contribution in [1.82, 2.24) is 10.2 Å². The van der Waals surface area contributed by atoms with Crippen molar-refractivity contribution >= 4 is 68.7 Å². The van der Waals surface area contributed by atoms with Gasteiger partial charge in [-0.3, -0.25) is 25.0 Å². The third kappa shape index (κ3) is 6.10. The molecule has 4 aromatic rings. The van der Waals surface area contributed by atoms with E-state index in [1.165, 1.54) is 29.2 Å². The van der Waals surface area contributed by atoms with E-state index in [9.17, 15) is 24.5 Å². The van der Waals surface area contributed by atoms with Gasteiger partial charge in [0.05, 0.1) is 26.1 Å². The van der Waals surface area contributed by atoms with Crippen LogP contribution >= 0.6 is 46.0 Å². The van der Waals surface area contributed by atoms with Crippen LogP contribution in [0.15, 0.2) is 61.6 Å². The molecule has 0 fully saturated rings.